The van der Waals surface area contributed by atoms with Crippen LogP contribution < -0.4 is 5.32 Å². The quantitative estimate of drug-likeness (QED) is 0.880. The number of aromatic nitrogens is 3. The fraction of sp³-hybridized carbons (Fsp3) is 0.455. The Hall–Kier alpha value is -1.20. The molecule has 0 amide bonds. The van der Waals surface area contributed by atoms with E-state index < -0.39 is 0 Å². The summed E-state index contributed by atoms with van der Waals surface area (Å²) < 4.78 is 2.03. The molecule has 16 heavy (non-hydrogen) atoms. The average Bonchev–Trinajstić information content (AvgIpc) is 2.75. The van der Waals surface area contributed by atoms with Gasteiger partial charge in [-0.3, -0.25) is 0 Å². The highest BCUT2D eigenvalue weighted by Gasteiger charge is 2.04. The lowest BCUT2D eigenvalue weighted by Crippen LogP contribution is -2.15. The van der Waals surface area contributed by atoms with Crippen LogP contribution in [0.1, 0.15) is 21.4 Å². The van der Waals surface area contributed by atoms with Gasteiger partial charge in [0, 0.05) is 30.9 Å². The van der Waals surface area contributed by atoms with Crippen LogP contribution >= 0.6 is 11.3 Å². The smallest absolute Gasteiger partial charge is 0.122 e. The van der Waals surface area contributed by atoms with Gasteiger partial charge in [0.1, 0.15) is 5.82 Å². The highest BCUT2D eigenvalue weighted by molar-refractivity contribution is 7.11. The van der Waals surface area contributed by atoms with E-state index in [1.807, 2.05) is 30.9 Å². The Kier molecular flexibility index (Phi) is 3.36. The van der Waals surface area contributed by atoms with Gasteiger partial charge in [-0.2, -0.15) is 0 Å². The largest absolute Gasteiger partial charge is 0.337 e. The number of rotatable bonds is 4. The third-order valence-electron chi connectivity index (χ3n) is 2.49. The van der Waals surface area contributed by atoms with Gasteiger partial charge < -0.3 is 9.88 Å². The monoisotopic (exact) mass is 236 g/mol. The Morgan fingerprint density at radius 1 is 1.38 bits per heavy atom. The number of thiazole rings is 1. The molecule has 2 aromatic heterocycles. The second kappa shape index (κ2) is 4.76. The van der Waals surface area contributed by atoms with Crippen LogP contribution in [-0.2, 0) is 20.1 Å². The third-order valence-corrected chi connectivity index (χ3v) is 3.56. The number of imidazole rings is 1. The molecule has 0 atom stereocenters. The summed E-state index contributed by atoms with van der Waals surface area (Å²) in [5.41, 5.74) is 1.13. The van der Waals surface area contributed by atoms with Gasteiger partial charge in [-0.05, 0) is 13.8 Å². The summed E-state index contributed by atoms with van der Waals surface area (Å²) in [4.78, 5) is 9.98. The summed E-state index contributed by atoms with van der Waals surface area (Å²) in [5, 5.41) is 4.52. The zero-order chi connectivity index (χ0) is 11.5. The van der Waals surface area contributed by atoms with Crippen molar-refractivity contribution in [2.75, 3.05) is 0 Å². The van der Waals surface area contributed by atoms with Crippen molar-refractivity contribution in [3.05, 3.63) is 33.8 Å². The predicted octanol–water partition coefficient (Wildman–Crippen LogP) is 1.78. The molecule has 0 aromatic carbocycles. The molecule has 5 heteroatoms. The minimum absolute atomic E-state index is 0.792. The molecule has 2 rings (SSSR count). The highest BCUT2D eigenvalue weighted by Crippen LogP contribution is 2.16. The molecule has 0 aliphatic carbocycles. The highest BCUT2D eigenvalue weighted by atomic mass is 32.1. The third kappa shape index (κ3) is 2.48. The minimum Gasteiger partial charge on any atom is -0.337 e. The molecule has 4 nitrogen and oxygen atoms in total. The molecule has 0 spiro atoms. The number of nitrogens with zero attached hydrogens (tertiary/aromatic N) is 3. The van der Waals surface area contributed by atoms with Gasteiger partial charge in [0.15, 0.2) is 0 Å². The van der Waals surface area contributed by atoms with Crippen molar-refractivity contribution in [3.8, 4) is 0 Å². The fourth-order valence-corrected chi connectivity index (χ4v) is 2.50. The van der Waals surface area contributed by atoms with Gasteiger partial charge in [0.25, 0.3) is 0 Å². The molecule has 0 unspecified atom stereocenters. The van der Waals surface area contributed by atoms with Crippen molar-refractivity contribution in [1.82, 2.24) is 19.9 Å². The van der Waals surface area contributed by atoms with E-state index in [4.69, 9.17) is 0 Å². The van der Waals surface area contributed by atoms with E-state index in [0.29, 0.717) is 0 Å². The van der Waals surface area contributed by atoms with E-state index in [1.54, 1.807) is 11.3 Å². The van der Waals surface area contributed by atoms with Crippen LogP contribution in [0.3, 0.4) is 0 Å². The standard InChI is InChI=1S/C11H16N4S/c1-8-10(16-9(2)14-8)6-12-7-11-13-4-5-15(11)3/h4-5,12H,6-7H2,1-3H3. The van der Waals surface area contributed by atoms with E-state index in [1.165, 1.54) is 4.88 Å². The lowest BCUT2D eigenvalue weighted by Gasteiger charge is -2.03. The average molecular weight is 236 g/mol. The summed E-state index contributed by atoms with van der Waals surface area (Å²) in [5.74, 6) is 1.05. The molecule has 0 saturated heterocycles. The van der Waals surface area contributed by atoms with Crippen LogP contribution in [0.5, 0.6) is 0 Å². The second-order valence-electron chi connectivity index (χ2n) is 3.80. The zero-order valence-electron chi connectivity index (χ0n) is 9.82. The van der Waals surface area contributed by atoms with E-state index in [2.05, 4.69) is 22.2 Å². The van der Waals surface area contributed by atoms with Crippen LogP contribution in [-0.4, -0.2) is 14.5 Å². The van der Waals surface area contributed by atoms with Crippen molar-refractivity contribution in [2.24, 2.45) is 7.05 Å². The minimum atomic E-state index is 0.792. The summed E-state index contributed by atoms with van der Waals surface area (Å²) in [6.07, 6.45) is 3.78. The zero-order valence-corrected chi connectivity index (χ0v) is 10.6. The molecule has 86 valence electrons. The number of hydrogen-bond donors (Lipinski definition) is 1. The first-order valence-corrected chi connectivity index (χ1v) is 6.08. The summed E-state index contributed by atoms with van der Waals surface area (Å²) >= 11 is 1.75. The summed E-state index contributed by atoms with van der Waals surface area (Å²) in [7, 11) is 2.01. The molecule has 0 bridgehead atoms. The SMILES string of the molecule is Cc1nc(C)c(CNCc2nccn2C)s1. The van der Waals surface area contributed by atoms with Crippen LogP contribution in [0.2, 0.25) is 0 Å². The predicted molar refractivity (Wildman–Crippen MR) is 65.3 cm³/mol. The molecule has 0 aliphatic rings. The van der Waals surface area contributed by atoms with Crippen LogP contribution in [0, 0.1) is 13.8 Å². The Morgan fingerprint density at radius 3 is 2.75 bits per heavy atom. The molecule has 0 saturated carbocycles. The maximum atomic E-state index is 4.40. The number of nitrogens with one attached hydrogen (secondary N) is 1. The Balaban J connectivity index is 1.89. The number of aryl methyl sites for hydroxylation is 3. The normalized spacial score (nSPS) is 10.9. The molecule has 0 radical (unpaired) electrons. The number of hydrogen-bond acceptors (Lipinski definition) is 4. The lowest BCUT2D eigenvalue weighted by molar-refractivity contribution is 0.641. The molecular formula is C11H16N4S. The van der Waals surface area contributed by atoms with E-state index in [9.17, 15) is 0 Å². The Labute approximate surface area is 99.4 Å². The molecule has 2 aromatic rings. The van der Waals surface area contributed by atoms with Gasteiger partial charge in [0.2, 0.25) is 0 Å². The van der Waals surface area contributed by atoms with Crippen LogP contribution in [0.25, 0.3) is 0 Å². The van der Waals surface area contributed by atoms with Crippen LogP contribution in [0.15, 0.2) is 12.4 Å². The molecule has 1 N–H and O–H groups in total. The Bertz CT molecular complexity index is 472. The van der Waals surface area contributed by atoms with Gasteiger partial charge in [-0.1, -0.05) is 0 Å². The topological polar surface area (TPSA) is 42.7 Å². The molecule has 0 aliphatic heterocycles. The van der Waals surface area contributed by atoms with Crippen molar-refractivity contribution < 1.29 is 0 Å². The first-order valence-electron chi connectivity index (χ1n) is 5.26. The van der Waals surface area contributed by atoms with Crippen molar-refractivity contribution in [3.63, 3.8) is 0 Å². The molecular weight excluding hydrogens is 220 g/mol. The van der Waals surface area contributed by atoms with Gasteiger partial charge in [-0.15, -0.1) is 11.3 Å². The van der Waals surface area contributed by atoms with E-state index in [-0.39, 0.29) is 0 Å². The molecule has 2 heterocycles. The first-order chi connectivity index (χ1) is 7.66. The summed E-state index contributed by atoms with van der Waals surface area (Å²) in [6, 6.07) is 0. The Morgan fingerprint density at radius 2 is 2.19 bits per heavy atom. The van der Waals surface area contributed by atoms with Crippen molar-refractivity contribution >= 4 is 11.3 Å². The second-order valence-corrected chi connectivity index (χ2v) is 5.09. The summed E-state index contributed by atoms with van der Waals surface area (Å²) in [6.45, 7) is 5.76. The maximum Gasteiger partial charge on any atom is 0.122 e. The molecule has 0 fully saturated rings. The fourth-order valence-electron chi connectivity index (χ4n) is 1.59. The van der Waals surface area contributed by atoms with Gasteiger partial charge in [-0.25, -0.2) is 9.97 Å². The van der Waals surface area contributed by atoms with E-state index in [0.717, 1.165) is 29.6 Å². The lowest BCUT2D eigenvalue weighted by atomic mass is 10.4. The first kappa shape index (κ1) is 11.3. The van der Waals surface area contributed by atoms with E-state index >= 15 is 0 Å². The van der Waals surface area contributed by atoms with Gasteiger partial charge >= 0.3 is 0 Å². The van der Waals surface area contributed by atoms with Crippen molar-refractivity contribution in [1.29, 1.82) is 0 Å². The van der Waals surface area contributed by atoms with Gasteiger partial charge in [0.05, 0.1) is 17.2 Å². The van der Waals surface area contributed by atoms with Crippen LogP contribution in [0.4, 0.5) is 0 Å². The van der Waals surface area contributed by atoms with Crippen molar-refractivity contribution in [2.45, 2.75) is 26.9 Å². The maximum absolute atomic E-state index is 4.40.